The number of carbonyl (C=O) groups excluding carboxylic acids is 4. The van der Waals surface area contributed by atoms with Crippen LogP contribution >= 0.6 is 23.2 Å². The summed E-state index contributed by atoms with van der Waals surface area (Å²) in [4.78, 5) is 44.1. The van der Waals surface area contributed by atoms with E-state index in [1.165, 1.54) is 55.6 Å². The first kappa shape index (κ1) is 43.3. The molecule has 0 aliphatic carbocycles. The Balaban J connectivity index is -0.000000263. The predicted molar refractivity (Wildman–Crippen MR) is 161 cm³/mol. The van der Waals surface area contributed by atoms with Gasteiger partial charge in [0.15, 0.2) is 0 Å². The lowest BCUT2D eigenvalue weighted by Gasteiger charge is -2.20. The molecule has 1 N–H and O–H groups in total. The first-order valence-corrected chi connectivity index (χ1v) is 13.7. The highest BCUT2D eigenvalue weighted by molar-refractivity contribution is 6.68. The van der Waals surface area contributed by atoms with Crippen molar-refractivity contribution in [1.29, 1.82) is 0 Å². The molecule has 222 valence electrons. The molecular formula is C30H46Cl2O7. The zero-order valence-electron chi connectivity index (χ0n) is 25.2. The third kappa shape index (κ3) is 19.9. The summed E-state index contributed by atoms with van der Waals surface area (Å²) in [6, 6.07) is 11.8. The molecule has 0 radical (unpaired) electrons. The lowest BCUT2D eigenvalue weighted by Crippen LogP contribution is -2.25. The topological polar surface area (TPSA) is 107 Å². The van der Waals surface area contributed by atoms with Crippen molar-refractivity contribution in [3.8, 4) is 0 Å². The minimum absolute atomic E-state index is 0.0679. The number of halogens is 2. The van der Waals surface area contributed by atoms with Crippen LogP contribution in [0.3, 0.4) is 0 Å². The Hall–Kier alpha value is -2.74. The van der Waals surface area contributed by atoms with Crippen LogP contribution in [0.2, 0.25) is 0 Å². The quantitative estimate of drug-likeness (QED) is 0.256. The van der Waals surface area contributed by atoms with Gasteiger partial charge in [-0.25, -0.2) is 9.59 Å². The summed E-state index contributed by atoms with van der Waals surface area (Å²) >= 11 is 10.4. The summed E-state index contributed by atoms with van der Waals surface area (Å²) in [5, 5.41) is 7.95. The third-order valence-corrected chi connectivity index (χ3v) is 4.34. The molecule has 7 nitrogen and oxygen atoms in total. The predicted octanol–water partition coefficient (Wildman–Crippen LogP) is 8.20. The van der Waals surface area contributed by atoms with E-state index in [0.29, 0.717) is 22.3 Å². The second-order valence-electron chi connectivity index (χ2n) is 7.09. The summed E-state index contributed by atoms with van der Waals surface area (Å²) in [5.74, 6) is -0.945. The maximum Gasteiger partial charge on any atom is 0.338 e. The summed E-state index contributed by atoms with van der Waals surface area (Å²) < 4.78 is 9.66. The van der Waals surface area contributed by atoms with Crippen LogP contribution in [0.1, 0.15) is 111 Å². The Morgan fingerprint density at radius 1 is 0.641 bits per heavy atom. The van der Waals surface area contributed by atoms with Crippen LogP contribution in [0, 0.1) is 5.41 Å². The van der Waals surface area contributed by atoms with Crippen molar-refractivity contribution in [2.75, 3.05) is 20.3 Å². The number of hydrogen-bond donors (Lipinski definition) is 1. The van der Waals surface area contributed by atoms with E-state index in [9.17, 15) is 19.2 Å². The van der Waals surface area contributed by atoms with Gasteiger partial charge in [-0.15, -0.1) is 0 Å². The monoisotopic (exact) mass is 588 g/mol. The molecule has 2 aromatic rings. The number of hydrogen-bond acceptors (Lipinski definition) is 7. The molecule has 0 bridgehead atoms. The van der Waals surface area contributed by atoms with Gasteiger partial charge in [-0.3, -0.25) is 9.59 Å². The van der Waals surface area contributed by atoms with Gasteiger partial charge < -0.3 is 14.6 Å². The van der Waals surface area contributed by atoms with E-state index in [-0.39, 0.29) is 13.2 Å². The van der Waals surface area contributed by atoms with Gasteiger partial charge in [0.25, 0.3) is 10.5 Å². The zero-order chi connectivity index (χ0) is 31.6. The van der Waals surface area contributed by atoms with Crippen molar-refractivity contribution >= 4 is 45.6 Å². The van der Waals surface area contributed by atoms with Gasteiger partial charge in [0.05, 0.1) is 31.5 Å². The largest absolute Gasteiger partial charge is 0.465 e. The molecule has 9 heteroatoms. The Kier molecular flexibility index (Phi) is 29.8. The summed E-state index contributed by atoms with van der Waals surface area (Å²) in [6.45, 7) is 19.6. The highest BCUT2D eigenvalue weighted by Crippen LogP contribution is 2.15. The van der Waals surface area contributed by atoms with E-state index in [4.69, 9.17) is 33.0 Å². The Bertz CT molecular complexity index is 890. The SMILES string of the molecule is CC.CC.CC.CC.COC(=O)c1ccc(C(=O)OCC(C)(C)CO)cc1.O=C(Cl)c1ccc(C(=O)Cl)cc1. The summed E-state index contributed by atoms with van der Waals surface area (Å²) in [7, 11) is 1.29. The van der Waals surface area contributed by atoms with Crippen molar-refractivity contribution < 1.29 is 33.8 Å². The fourth-order valence-electron chi connectivity index (χ4n) is 1.98. The molecule has 39 heavy (non-hydrogen) atoms. The van der Waals surface area contributed by atoms with Crippen LogP contribution < -0.4 is 0 Å². The molecule has 0 heterocycles. The Labute approximate surface area is 244 Å². The molecule has 0 aliphatic heterocycles. The normalized spacial score (nSPS) is 8.87. The van der Waals surface area contributed by atoms with Crippen LogP contribution in [-0.2, 0) is 9.47 Å². The number of carbonyl (C=O) groups is 4. The molecule has 0 amide bonds. The molecule has 0 fully saturated rings. The number of ether oxygens (including phenoxy) is 2. The molecule has 0 unspecified atom stereocenters. The fourth-order valence-corrected chi connectivity index (χ4v) is 2.23. The van der Waals surface area contributed by atoms with Crippen molar-refractivity contribution in [3.63, 3.8) is 0 Å². The first-order valence-electron chi connectivity index (χ1n) is 13.0. The number of aliphatic hydroxyl groups is 1. The number of rotatable bonds is 7. The van der Waals surface area contributed by atoms with Crippen molar-refractivity contribution in [3.05, 3.63) is 70.8 Å². The number of esters is 2. The molecule has 0 saturated heterocycles. The first-order chi connectivity index (χ1) is 18.5. The standard InChI is InChI=1S/C14H18O5.C8H4Cl2O2.4C2H6/c1-14(2,8-15)9-19-13(17)11-6-4-10(5-7-11)12(16)18-3;9-7(11)5-1-2-6(4-3-5)8(10)12;4*1-2/h4-7,15H,8-9H2,1-3H3;1-4H;4*1-2H3. The molecule has 0 saturated carbocycles. The van der Waals surface area contributed by atoms with Crippen LogP contribution in [0.15, 0.2) is 48.5 Å². The van der Waals surface area contributed by atoms with Gasteiger partial charge in [-0.2, -0.15) is 0 Å². The maximum atomic E-state index is 11.7. The highest BCUT2D eigenvalue weighted by Gasteiger charge is 2.20. The van der Waals surface area contributed by atoms with E-state index < -0.39 is 27.8 Å². The lowest BCUT2D eigenvalue weighted by atomic mass is 9.96. The molecular weight excluding hydrogens is 543 g/mol. The molecule has 2 aromatic carbocycles. The molecule has 0 aromatic heterocycles. The second kappa shape index (κ2) is 26.9. The van der Waals surface area contributed by atoms with E-state index in [1.807, 2.05) is 55.4 Å². The van der Waals surface area contributed by atoms with E-state index >= 15 is 0 Å². The molecule has 0 atom stereocenters. The van der Waals surface area contributed by atoms with Gasteiger partial charge >= 0.3 is 11.9 Å². The smallest absolute Gasteiger partial charge is 0.338 e. The average molecular weight is 590 g/mol. The lowest BCUT2D eigenvalue weighted by molar-refractivity contribution is 0.0218. The van der Waals surface area contributed by atoms with Crippen LogP contribution in [0.25, 0.3) is 0 Å². The van der Waals surface area contributed by atoms with Gasteiger partial charge in [0.1, 0.15) is 0 Å². The van der Waals surface area contributed by atoms with Crippen molar-refractivity contribution in [2.24, 2.45) is 5.41 Å². The van der Waals surface area contributed by atoms with E-state index in [0.717, 1.165) is 0 Å². The molecule has 2 rings (SSSR count). The third-order valence-electron chi connectivity index (χ3n) is 3.90. The van der Waals surface area contributed by atoms with Gasteiger partial charge in [-0.1, -0.05) is 69.2 Å². The maximum absolute atomic E-state index is 11.7. The van der Waals surface area contributed by atoms with Crippen LogP contribution in [-0.4, -0.2) is 47.9 Å². The van der Waals surface area contributed by atoms with E-state index in [2.05, 4.69) is 4.74 Å². The average Bonchev–Trinajstić information content (AvgIpc) is 3.00. The number of benzene rings is 2. The summed E-state index contributed by atoms with van der Waals surface area (Å²) in [6.07, 6.45) is 0. The Morgan fingerprint density at radius 3 is 1.18 bits per heavy atom. The number of aliphatic hydroxyl groups excluding tert-OH is 1. The summed E-state index contributed by atoms with van der Waals surface area (Å²) in [5.41, 5.74) is 0.939. The van der Waals surface area contributed by atoms with E-state index in [1.54, 1.807) is 13.8 Å². The highest BCUT2D eigenvalue weighted by atomic mass is 35.5. The minimum Gasteiger partial charge on any atom is -0.465 e. The molecule has 0 spiro atoms. The van der Waals surface area contributed by atoms with Crippen molar-refractivity contribution in [2.45, 2.75) is 69.2 Å². The fraction of sp³-hybridized carbons (Fsp3) is 0.467. The number of methoxy groups -OCH3 is 1. The van der Waals surface area contributed by atoms with Crippen molar-refractivity contribution in [1.82, 2.24) is 0 Å². The Morgan fingerprint density at radius 2 is 0.923 bits per heavy atom. The molecule has 0 aliphatic rings. The van der Waals surface area contributed by atoms with Gasteiger partial charge in [-0.05, 0) is 71.7 Å². The van der Waals surface area contributed by atoms with Crippen LogP contribution in [0.4, 0.5) is 0 Å². The van der Waals surface area contributed by atoms with Gasteiger partial charge in [0.2, 0.25) is 0 Å². The van der Waals surface area contributed by atoms with Crippen LogP contribution in [0.5, 0.6) is 0 Å². The second-order valence-corrected chi connectivity index (χ2v) is 7.78. The zero-order valence-corrected chi connectivity index (χ0v) is 26.7. The minimum atomic E-state index is -0.552. The van der Waals surface area contributed by atoms with Gasteiger partial charge in [0, 0.05) is 16.5 Å².